The summed E-state index contributed by atoms with van der Waals surface area (Å²) in [5.74, 6) is 0.975. The van der Waals surface area contributed by atoms with Gasteiger partial charge in [-0.05, 0) is 31.5 Å². The number of hydrogen-bond donors (Lipinski definition) is 0. The van der Waals surface area contributed by atoms with Crippen LogP contribution in [0, 0.1) is 13.8 Å². The van der Waals surface area contributed by atoms with E-state index in [-0.39, 0.29) is 0 Å². The van der Waals surface area contributed by atoms with Crippen LogP contribution in [0.1, 0.15) is 16.1 Å². The van der Waals surface area contributed by atoms with Gasteiger partial charge in [-0.25, -0.2) is 9.97 Å². The van der Waals surface area contributed by atoms with Crippen LogP contribution >= 0.6 is 11.3 Å². The molecule has 3 aromatic heterocycles. The number of anilines is 1. The summed E-state index contributed by atoms with van der Waals surface area (Å²) in [5, 5.41) is 1.16. The fraction of sp³-hybridized carbons (Fsp3) is 0.267. The summed E-state index contributed by atoms with van der Waals surface area (Å²) in [4.78, 5) is 17.7. The molecule has 4 nitrogen and oxygen atoms in total. The predicted molar refractivity (Wildman–Crippen MR) is 83.2 cm³/mol. The van der Waals surface area contributed by atoms with Gasteiger partial charge in [0.15, 0.2) is 0 Å². The maximum atomic E-state index is 4.47. The first-order valence-corrected chi connectivity index (χ1v) is 7.30. The van der Waals surface area contributed by atoms with Gasteiger partial charge in [0.05, 0.1) is 17.6 Å². The summed E-state index contributed by atoms with van der Waals surface area (Å²) in [6, 6.07) is 5.96. The van der Waals surface area contributed by atoms with Crippen molar-refractivity contribution in [3.05, 3.63) is 46.9 Å². The van der Waals surface area contributed by atoms with Crippen LogP contribution in [0.25, 0.3) is 10.2 Å². The first-order chi connectivity index (χ1) is 9.66. The van der Waals surface area contributed by atoms with Gasteiger partial charge in [-0.15, -0.1) is 11.3 Å². The zero-order chi connectivity index (χ0) is 14.1. The van der Waals surface area contributed by atoms with Gasteiger partial charge in [0.2, 0.25) is 0 Å². The number of aromatic nitrogens is 3. The van der Waals surface area contributed by atoms with Crippen LogP contribution < -0.4 is 4.90 Å². The normalized spacial score (nSPS) is 10.9. The number of fused-ring (bicyclic) bond motifs is 1. The van der Waals surface area contributed by atoms with Crippen LogP contribution in [0.3, 0.4) is 0 Å². The van der Waals surface area contributed by atoms with E-state index >= 15 is 0 Å². The maximum absolute atomic E-state index is 4.47. The Morgan fingerprint density at radius 3 is 2.75 bits per heavy atom. The van der Waals surface area contributed by atoms with Crippen LogP contribution in [0.2, 0.25) is 0 Å². The third-order valence-electron chi connectivity index (χ3n) is 3.43. The molecule has 0 unspecified atom stereocenters. The van der Waals surface area contributed by atoms with E-state index in [1.807, 2.05) is 31.4 Å². The lowest BCUT2D eigenvalue weighted by Crippen LogP contribution is -2.18. The van der Waals surface area contributed by atoms with Crippen LogP contribution in [0.15, 0.2) is 30.7 Å². The van der Waals surface area contributed by atoms with E-state index < -0.39 is 0 Å². The molecular formula is C15H16N4S. The number of rotatable bonds is 3. The van der Waals surface area contributed by atoms with E-state index in [0.29, 0.717) is 0 Å². The predicted octanol–water partition coefficient (Wildman–Crippen LogP) is 3.34. The Kier molecular flexibility index (Phi) is 3.36. The van der Waals surface area contributed by atoms with Crippen molar-refractivity contribution >= 4 is 27.4 Å². The highest BCUT2D eigenvalue weighted by Crippen LogP contribution is 2.34. The number of thiophene rings is 1. The molecule has 0 saturated heterocycles. The van der Waals surface area contributed by atoms with Crippen LogP contribution in [-0.2, 0) is 6.54 Å². The molecule has 0 radical (unpaired) electrons. The Hall–Kier alpha value is -2.01. The summed E-state index contributed by atoms with van der Waals surface area (Å²) in [5.41, 5.74) is 2.31. The smallest absolute Gasteiger partial charge is 0.141 e. The second-order valence-corrected chi connectivity index (χ2v) is 6.04. The largest absolute Gasteiger partial charge is 0.353 e. The summed E-state index contributed by atoms with van der Waals surface area (Å²) in [7, 11) is 2.04. The molecule has 0 N–H and O–H groups in total. The van der Waals surface area contributed by atoms with E-state index in [0.717, 1.165) is 28.3 Å². The van der Waals surface area contributed by atoms with Gasteiger partial charge in [0.1, 0.15) is 17.0 Å². The summed E-state index contributed by atoms with van der Waals surface area (Å²) < 4.78 is 0. The molecule has 102 valence electrons. The lowest BCUT2D eigenvalue weighted by Gasteiger charge is -2.18. The van der Waals surface area contributed by atoms with Gasteiger partial charge in [0, 0.05) is 18.1 Å². The molecule has 0 fully saturated rings. The maximum Gasteiger partial charge on any atom is 0.141 e. The standard InChI is InChI=1S/C15H16N4S/c1-10-11(2)20-15-13(10)14(17-9-18-15)19(3)8-12-6-4-5-7-16-12/h4-7,9H,8H2,1-3H3. The van der Waals surface area contributed by atoms with Crippen LogP contribution in [-0.4, -0.2) is 22.0 Å². The first-order valence-electron chi connectivity index (χ1n) is 6.48. The average molecular weight is 284 g/mol. The van der Waals surface area contributed by atoms with E-state index in [2.05, 4.69) is 33.7 Å². The minimum Gasteiger partial charge on any atom is -0.353 e. The summed E-state index contributed by atoms with van der Waals surface area (Å²) in [6.45, 7) is 5.00. The fourth-order valence-electron chi connectivity index (χ4n) is 2.26. The van der Waals surface area contributed by atoms with E-state index in [4.69, 9.17) is 0 Å². The Labute approximate surface area is 122 Å². The van der Waals surface area contributed by atoms with E-state index in [1.54, 1.807) is 17.7 Å². The minimum absolute atomic E-state index is 0.737. The molecule has 0 aromatic carbocycles. The molecule has 0 saturated carbocycles. The van der Waals surface area contributed by atoms with Crippen molar-refractivity contribution in [1.82, 2.24) is 15.0 Å². The molecule has 0 aliphatic carbocycles. The SMILES string of the molecule is Cc1sc2ncnc(N(C)Cc3ccccn3)c2c1C. The molecule has 20 heavy (non-hydrogen) atoms. The Morgan fingerprint density at radius 1 is 1.15 bits per heavy atom. The highest BCUT2D eigenvalue weighted by molar-refractivity contribution is 7.18. The molecule has 3 rings (SSSR count). The van der Waals surface area contributed by atoms with Gasteiger partial charge in [-0.2, -0.15) is 0 Å². The molecular weight excluding hydrogens is 268 g/mol. The third-order valence-corrected chi connectivity index (χ3v) is 4.55. The quantitative estimate of drug-likeness (QED) is 0.739. The van der Waals surface area contributed by atoms with Crippen molar-refractivity contribution in [3.63, 3.8) is 0 Å². The summed E-state index contributed by atoms with van der Waals surface area (Å²) in [6.07, 6.45) is 3.46. The molecule has 5 heteroatoms. The van der Waals surface area contributed by atoms with Crippen LogP contribution in [0.4, 0.5) is 5.82 Å². The van der Waals surface area contributed by atoms with Crippen molar-refractivity contribution in [3.8, 4) is 0 Å². The number of aryl methyl sites for hydroxylation is 2. The van der Waals surface area contributed by atoms with Crippen molar-refractivity contribution < 1.29 is 0 Å². The fourth-order valence-corrected chi connectivity index (χ4v) is 3.25. The third kappa shape index (κ3) is 2.25. The highest BCUT2D eigenvalue weighted by atomic mass is 32.1. The van der Waals surface area contributed by atoms with Gasteiger partial charge in [0.25, 0.3) is 0 Å². The number of pyridine rings is 1. The molecule has 0 atom stereocenters. The van der Waals surface area contributed by atoms with Crippen molar-refractivity contribution in [1.29, 1.82) is 0 Å². The lowest BCUT2D eigenvalue weighted by molar-refractivity contribution is 0.868. The molecule has 0 bridgehead atoms. The number of nitrogens with zero attached hydrogens (tertiary/aromatic N) is 4. The van der Waals surface area contributed by atoms with E-state index in [9.17, 15) is 0 Å². The topological polar surface area (TPSA) is 41.9 Å². The molecule has 0 aliphatic rings. The second-order valence-electron chi connectivity index (χ2n) is 4.84. The molecule has 0 aliphatic heterocycles. The second kappa shape index (κ2) is 5.17. The monoisotopic (exact) mass is 284 g/mol. The van der Waals surface area contributed by atoms with Crippen molar-refractivity contribution in [2.75, 3.05) is 11.9 Å². The zero-order valence-electron chi connectivity index (χ0n) is 11.8. The highest BCUT2D eigenvalue weighted by Gasteiger charge is 2.15. The molecule has 3 heterocycles. The van der Waals surface area contributed by atoms with E-state index in [1.165, 1.54) is 10.4 Å². The van der Waals surface area contributed by atoms with Crippen molar-refractivity contribution in [2.45, 2.75) is 20.4 Å². The Bertz CT molecular complexity index is 736. The van der Waals surface area contributed by atoms with Gasteiger partial charge >= 0.3 is 0 Å². The summed E-state index contributed by atoms with van der Waals surface area (Å²) >= 11 is 1.72. The zero-order valence-corrected chi connectivity index (χ0v) is 12.6. The Balaban J connectivity index is 2.01. The Morgan fingerprint density at radius 2 is 2.00 bits per heavy atom. The van der Waals surface area contributed by atoms with Gasteiger partial charge < -0.3 is 4.90 Å². The minimum atomic E-state index is 0.737. The molecule has 0 spiro atoms. The van der Waals surface area contributed by atoms with Crippen LogP contribution in [0.5, 0.6) is 0 Å². The average Bonchev–Trinajstić information content (AvgIpc) is 2.75. The van der Waals surface area contributed by atoms with Crippen molar-refractivity contribution in [2.24, 2.45) is 0 Å². The molecule has 3 aromatic rings. The van der Waals surface area contributed by atoms with Gasteiger partial charge in [-0.3, -0.25) is 4.98 Å². The lowest BCUT2D eigenvalue weighted by atomic mass is 10.2. The molecule has 0 amide bonds. The first kappa shape index (κ1) is 13.0. The number of hydrogen-bond acceptors (Lipinski definition) is 5. The van der Waals surface area contributed by atoms with Gasteiger partial charge in [-0.1, -0.05) is 6.07 Å².